The van der Waals surface area contributed by atoms with Crippen LogP contribution in [0.15, 0.2) is 22.8 Å². The molecule has 6 rings (SSSR count). The number of benzene rings is 1. The molecule has 2 aliphatic heterocycles. The smallest absolute Gasteiger partial charge is 0.306 e. The number of ether oxygens (including phenoxy) is 4. The van der Waals surface area contributed by atoms with Gasteiger partial charge in [0.05, 0.1) is 25.6 Å². The van der Waals surface area contributed by atoms with E-state index in [0.717, 1.165) is 12.8 Å². The predicted molar refractivity (Wildman–Crippen MR) is 196 cm³/mol. The zero-order valence-electron chi connectivity index (χ0n) is 30.2. The lowest BCUT2D eigenvalue weighted by atomic mass is 9.49. The van der Waals surface area contributed by atoms with Crippen molar-refractivity contribution in [1.29, 1.82) is 0 Å². The minimum atomic E-state index is -2.37. The molecule has 2 aliphatic carbocycles. The topological polar surface area (TPSA) is 201 Å². The fraction of sp³-hybridized carbons (Fsp3) is 0.757. The van der Waals surface area contributed by atoms with Crippen molar-refractivity contribution in [1.82, 2.24) is 5.32 Å². The van der Waals surface area contributed by atoms with Crippen LogP contribution in [0.5, 0.6) is 11.5 Å². The SMILES string of the molecule is CCOC(=O)CCc1cc2ccoc2c2c1O[C@@H]1O[C@@](CO)(CSSC[C@@H](CCC(C)C)NCCO2)[C@]2(O)C[C@H]3CC[C@H](O)[C@@H](CO)[C@H]3[C@@]1(O)[C@H]2O. The minimum absolute atomic E-state index is 0.00215. The quantitative estimate of drug-likeness (QED) is 0.145. The van der Waals surface area contributed by atoms with Gasteiger partial charge in [0.1, 0.15) is 23.9 Å². The second-order valence-electron chi connectivity index (χ2n) is 15.3. The van der Waals surface area contributed by atoms with E-state index < -0.39 is 72.2 Å². The molecular weight excluding hydrogens is 715 g/mol. The fourth-order valence-electron chi connectivity index (χ4n) is 8.85. The third-order valence-electron chi connectivity index (χ3n) is 11.6. The predicted octanol–water partition coefficient (Wildman–Crippen LogP) is 2.79. The molecule has 1 aromatic heterocycles. The Morgan fingerprint density at radius 2 is 1.96 bits per heavy atom. The summed E-state index contributed by atoms with van der Waals surface area (Å²) in [4.78, 5) is 12.6. The van der Waals surface area contributed by atoms with E-state index in [1.54, 1.807) is 29.9 Å². The number of nitrogens with one attached hydrogen (secondary N) is 1. The summed E-state index contributed by atoms with van der Waals surface area (Å²) in [5, 5.41) is 74.8. The summed E-state index contributed by atoms with van der Waals surface area (Å²) in [6.07, 6.45) is -0.322. The highest BCUT2D eigenvalue weighted by Crippen LogP contribution is 2.61. The molecule has 3 fully saturated rings. The van der Waals surface area contributed by atoms with Gasteiger partial charge in [-0.3, -0.25) is 4.79 Å². The van der Waals surface area contributed by atoms with Crippen LogP contribution in [0.25, 0.3) is 11.0 Å². The lowest BCUT2D eigenvalue weighted by Gasteiger charge is -2.67. The summed E-state index contributed by atoms with van der Waals surface area (Å²) in [5.74, 6) is -1.12. The van der Waals surface area contributed by atoms with Crippen molar-refractivity contribution in [3.8, 4) is 11.5 Å². The number of esters is 1. The average Bonchev–Trinajstić information content (AvgIpc) is 3.59. The van der Waals surface area contributed by atoms with E-state index in [0.29, 0.717) is 47.6 Å². The Morgan fingerprint density at radius 3 is 2.69 bits per heavy atom. The Kier molecular flexibility index (Phi) is 12.7. The van der Waals surface area contributed by atoms with Gasteiger partial charge in [0.15, 0.2) is 16.9 Å². The molecule has 0 amide bonds. The van der Waals surface area contributed by atoms with E-state index in [9.17, 15) is 35.4 Å². The Morgan fingerprint density at radius 1 is 1.15 bits per heavy atom. The second-order valence-corrected chi connectivity index (χ2v) is 17.8. The highest BCUT2D eigenvalue weighted by atomic mass is 33.1. The van der Waals surface area contributed by atoms with Gasteiger partial charge in [0.25, 0.3) is 0 Å². The fourth-order valence-corrected chi connectivity index (χ4v) is 11.7. The average molecular weight is 770 g/mol. The molecule has 292 valence electrons. The first-order valence-electron chi connectivity index (χ1n) is 18.6. The third-order valence-corrected chi connectivity index (χ3v) is 14.2. The van der Waals surface area contributed by atoms with Crippen molar-refractivity contribution in [3.05, 3.63) is 24.0 Å². The molecule has 2 saturated carbocycles. The van der Waals surface area contributed by atoms with Gasteiger partial charge in [-0.15, -0.1) is 0 Å². The Balaban J connectivity index is 1.50. The lowest BCUT2D eigenvalue weighted by Crippen LogP contribution is -2.85. The molecular formula is C37H55NO12S2. The molecule has 10 atom stereocenters. The van der Waals surface area contributed by atoms with Crippen LogP contribution in [0.4, 0.5) is 0 Å². The lowest BCUT2D eigenvalue weighted by molar-refractivity contribution is -0.421. The number of carbonyl (C=O) groups excluding carboxylic acids is 1. The Hall–Kier alpha value is -1.79. The van der Waals surface area contributed by atoms with E-state index in [4.69, 9.17) is 23.4 Å². The second kappa shape index (κ2) is 16.5. The van der Waals surface area contributed by atoms with Crippen molar-refractivity contribution in [2.45, 2.75) is 107 Å². The molecule has 0 spiro atoms. The van der Waals surface area contributed by atoms with Crippen LogP contribution < -0.4 is 14.8 Å². The van der Waals surface area contributed by atoms with Crippen LogP contribution in [0.1, 0.15) is 64.9 Å². The number of furan rings is 1. The maximum atomic E-state index is 12.9. The maximum Gasteiger partial charge on any atom is 0.306 e. The summed E-state index contributed by atoms with van der Waals surface area (Å²) < 4.78 is 31.0. The molecule has 52 heavy (non-hydrogen) atoms. The van der Waals surface area contributed by atoms with Crippen molar-refractivity contribution in [3.63, 3.8) is 0 Å². The summed E-state index contributed by atoms with van der Waals surface area (Å²) in [6.45, 7) is 5.83. The van der Waals surface area contributed by atoms with Gasteiger partial charge in [-0.05, 0) is 75.0 Å². The molecule has 4 aliphatic rings. The van der Waals surface area contributed by atoms with Crippen molar-refractivity contribution >= 4 is 38.5 Å². The number of hydrogen-bond donors (Lipinski definition) is 7. The first kappa shape index (κ1) is 39.9. The van der Waals surface area contributed by atoms with Crippen molar-refractivity contribution in [2.24, 2.45) is 23.7 Å². The highest BCUT2D eigenvalue weighted by molar-refractivity contribution is 8.76. The molecule has 0 unspecified atom stereocenters. The van der Waals surface area contributed by atoms with E-state index in [2.05, 4.69) is 19.2 Å². The molecule has 0 radical (unpaired) electrons. The summed E-state index contributed by atoms with van der Waals surface area (Å²) in [5.41, 5.74) is -5.40. The van der Waals surface area contributed by atoms with Gasteiger partial charge in [-0.1, -0.05) is 35.4 Å². The zero-order chi connectivity index (χ0) is 37.3. The van der Waals surface area contributed by atoms with Crippen molar-refractivity contribution < 1.29 is 58.8 Å². The number of aliphatic hydroxyl groups excluding tert-OH is 4. The number of rotatable bonds is 9. The first-order chi connectivity index (χ1) is 24.9. The summed E-state index contributed by atoms with van der Waals surface area (Å²) in [6, 6.07) is 3.70. The number of fused-ring (bicyclic) bond motifs is 11. The van der Waals surface area contributed by atoms with Gasteiger partial charge in [-0.25, -0.2) is 0 Å². The van der Waals surface area contributed by atoms with Gasteiger partial charge < -0.3 is 59.3 Å². The first-order valence-corrected chi connectivity index (χ1v) is 21.1. The van der Waals surface area contributed by atoms with Crippen LogP contribution in [0, 0.1) is 23.7 Å². The summed E-state index contributed by atoms with van der Waals surface area (Å²) >= 11 is 0. The van der Waals surface area contributed by atoms with Crippen LogP contribution in [0.3, 0.4) is 0 Å². The molecule has 1 aromatic carbocycles. The van der Waals surface area contributed by atoms with E-state index in [1.807, 2.05) is 0 Å². The van der Waals surface area contributed by atoms with Crippen molar-refractivity contribution in [2.75, 3.05) is 44.5 Å². The number of aryl methyl sites for hydroxylation is 1. The Bertz CT molecular complexity index is 1530. The molecule has 13 nitrogen and oxygen atoms in total. The third kappa shape index (κ3) is 7.31. The highest BCUT2D eigenvalue weighted by Gasteiger charge is 2.77. The number of hydrogen-bond acceptors (Lipinski definition) is 15. The van der Waals surface area contributed by atoms with E-state index in [1.165, 1.54) is 17.1 Å². The molecule has 4 bridgehead atoms. The standard InChI is InChI=1S/C37H55NO12S2/c1-4-46-28(42)10-7-22-15-23-11-13-47-30(23)32-31(22)49-34-37(45)29-24(6-9-27(41)26(29)17-39)16-36(44,33(37)43)35(19-40,50-34)20-52-51-18-25(8-5-21(2)3)38-12-14-48-32/h11,13,15,21,24-27,29,33-34,38-41,43-45H,4-10,12,14,16-20H2,1-3H3/t24-,25-,26-,27+,29+,33+,34-,35+,36+,37-/m1/s1. The van der Waals surface area contributed by atoms with Gasteiger partial charge in [-0.2, -0.15) is 0 Å². The Labute approximate surface area is 312 Å². The normalized spacial score (nSPS) is 36.8. The maximum absolute atomic E-state index is 12.9. The van der Waals surface area contributed by atoms with Gasteiger partial charge >= 0.3 is 5.97 Å². The van der Waals surface area contributed by atoms with Crippen LogP contribution >= 0.6 is 21.6 Å². The minimum Gasteiger partial charge on any atom is -0.485 e. The molecule has 1 saturated heterocycles. The van der Waals surface area contributed by atoms with Crippen LogP contribution in [0.2, 0.25) is 0 Å². The van der Waals surface area contributed by atoms with E-state index >= 15 is 0 Å². The molecule has 2 aromatic rings. The largest absolute Gasteiger partial charge is 0.485 e. The zero-order valence-corrected chi connectivity index (χ0v) is 31.8. The summed E-state index contributed by atoms with van der Waals surface area (Å²) in [7, 11) is 2.98. The van der Waals surface area contributed by atoms with Crippen LogP contribution in [-0.2, 0) is 20.7 Å². The number of carbonyl (C=O) groups is 1. The van der Waals surface area contributed by atoms with Gasteiger partial charge in [0.2, 0.25) is 12.0 Å². The van der Waals surface area contributed by atoms with Crippen LogP contribution in [-0.4, -0.2) is 122 Å². The van der Waals surface area contributed by atoms with Gasteiger partial charge in [0, 0.05) is 54.3 Å². The monoisotopic (exact) mass is 769 g/mol. The molecule has 3 heterocycles. The molecule has 15 heteroatoms. The number of aliphatic hydroxyl groups is 6. The van der Waals surface area contributed by atoms with E-state index in [-0.39, 0.29) is 55.8 Å². The molecule has 7 N–H and O–H groups in total.